The molecule has 1 N–H and O–H groups in total. The van der Waals surface area contributed by atoms with Crippen molar-refractivity contribution in [3.05, 3.63) is 24.3 Å². The van der Waals surface area contributed by atoms with Gasteiger partial charge in [-0.1, -0.05) is 6.92 Å². The molecule has 0 radical (unpaired) electrons. The fourth-order valence-electron chi connectivity index (χ4n) is 2.36. The van der Waals surface area contributed by atoms with Crippen LogP contribution < -0.4 is 10.2 Å². The Bertz CT molecular complexity index is 318. The van der Waals surface area contributed by atoms with Gasteiger partial charge in [0.1, 0.15) is 0 Å². The van der Waals surface area contributed by atoms with E-state index in [-0.39, 0.29) is 0 Å². The molecule has 1 heterocycles. The average Bonchev–Trinajstić information content (AvgIpc) is 2.54. The molecule has 1 aromatic rings. The van der Waals surface area contributed by atoms with Gasteiger partial charge >= 0.3 is 0 Å². The van der Waals surface area contributed by atoms with E-state index in [1.54, 1.807) is 0 Å². The summed E-state index contributed by atoms with van der Waals surface area (Å²) in [6.45, 7) is 4.79. The van der Waals surface area contributed by atoms with Gasteiger partial charge in [0, 0.05) is 31.5 Å². The zero-order chi connectivity index (χ0) is 11.4. The smallest absolute Gasteiger partial charge is 0.0367 e. The molecule has 0 amide bonds. The third kappa shape index (κ3) is 2.69. The Balaban J connectivity index is 2.04. The van der Waals surface area contributed by atoms with Crippen LogP contribution in [0.4, 0.5) is 11.4 Å². The number of nitrogens with one attached hydrogen (secondary N) is 1. The second kappa shape index (κ2) is 5.24. The highest BCUT2D eigenvalue weighted by molar-refractivity contribution is 5.54. The molecule has 1 aliphatic rings. The Morgan fingerprint density at radius 1 is 1.12 bits per heavy atom. The van der Waals surface area contributed by atoms with E-state index in [2.05, 4.69) is 41.4 Å². The maximum absolute atomic E-state index is 3.16. The minimum atomic E-state index is 0.890. The normalized spacial score (nSPS) is 21.6. The number of rotatable bonds is 2. The van der Waals surface area contributed by atoms with Crippen LogP contribution in [-0.4, -0.2) is 20.1 Å². The minimum absolute atomic E-state index is 0.890. The first-order valence-corrected chi connectivity index (χ1v) is 6.32. The van der Waals surface area contributed by atoms with Gasteiger partial charge in [-0.2, -0.15) is 0 Å². The molecule has 0 aliphatic carbocycles. The van der Waals surface area contributed by atoms with Crippen LogP contribution in [0.25, 0.3) is 0 Å². The maximum atomic E-state index is 3.16. The Morgan fingerprint density at radius 2 is 1.88 bits per heavy atom. The largest absolute Gasteiger partial charge is 0.388 e. The van der Waals surface area contributed by atoms with Crippen LogP contribution in [0.5, 0.6) is 0 Å². The van der Waals surface area contributed by atoms with E-state index < -0.39 is 0 Å². The van der Waals surface area contributed by atoms with Crippen molar-refractivity contribution in [2.75, 3.05) is 30.4 Å². The number of nitrogens with zero attached hydrogens (tertiary/aromatic N) is 1. The molecule has 0 aromatic heterocycles. The van der Waals surface area contributed by atoms with E-state index in [9.17, 15) is 0 Å². The van der Waals surface area contributed by atoms with Gasteiger partial charge < -0.3 is 10.2 Å². The third-order valence-electron chi connectivity index (χ3n) is 3.54. The van der Waals surface area contributed by atoms with Gasteiger partial charge in [-0.25, -0.2) is 0 Å². The Hall–Kier alpha value is -1.18. The highest BCUT2D eigenvalue weighted by Crippen LogP contribution is 2.23. The van der Waals surface area contributed by atoms with Crippen LogP contribution in [0.3, 0.4) is 0 Å². The Morgan fingerprint density at radius 3 is 2.56 bits per heavy atom. The van der Waals surface area contributed by atoms with Gasteiger partial charge in [0.05, 0.1) is 0 Å². The van der Waals surface area contributed by atoms with E-state index in [4.69, 9.17) is 0 Å². The highest BCUT2D eigenvalue weighted by atomic mass is 15.1. The molecule has 1 unspecified atom stereocenters. The molecule has 1 saturated heterocycles. The quantitative estimate of drug-likeness (QED) is 0.819. The number of hydrogen-bond donors (Lipinski definition) is 1. The number of hydrogen-bond acceptors (Lipinski definition) is 2. The zero-order valence-corrected chi connectivity index (χ0v) is 10.4. The van der Waals surface area contributed by atoms with Crippen molar-refractivity contribution in [1.82, 2.24) is 0 Å². The van der Waals surface area contributed by atoms with E-state index >= 15 is 0 Å². The first kappa shape index (κ1) is 11.3. The summed E-state index contributed by atoms with van der Waals surface area (Å²) < 4.78 is 0. The Labute approximate surface area is 98.7 Å². The van der Waals surface area contributed by atoms with Gasteiger partial charge in [0.25, 0.3) is 0 Å². The van der Waals surface area contributed by atoms with Crippen LogP contribution in [0, 0.1) is 5.92 Å². The molecule has 2 rings (SSSR count). The second-order valence-electron chi connectivity index (χ2n) is 4.82. The first-order valence-electron chi connectivity index (χ1n) is 6.32. The lowest BCUT2D eigenvalue weighted by Gasteiger charge is -2.23. The topological polar surface area (TPSA) is 15.3 Å². The fourth-order valence-corrected chi connectivity index (χ4v) is 2.36. The van der Waals surface area contributed by atoms with Gasteiger partial charge in [-0.3, -0.25) is 0 Å². The van der Waals surface area contributed by atoms with Crippen molar-refractivity contribution < 1.29 is 0 Å². The van der Waals surface area contributed by atoms with Crippen molar-refractivity contribution in [3.63, 3.8) is 0 Å². The van der Waals surface area contributed by atoms with E-state index in [0.717, 1.165) is 5.92 Å². The molecule has 88 valence electrons. The Kier molecular flexibility index (Phi) is 3.70. The summed E-state index contributed by atoms with van der Waals surface area (Å²) in [5, 5.41) is 3.16. The van der Waals surface area contributed by atoms with Crippen LogP contribution in [0.2, 0.25) is 0 Å². The number of anilines is 2. The summed E-state index contributed by atoms with van der Waals surface area (Å²) in [5.41, 5.74) is 2.56. The highest BCUT2D eigenvalue weighted by Gasteiger charge is 2.13. The summed E-state index contributed by atoms with van der Waals surface area (Å²) in [4.78, 5) is 2.52. The van der Waals surface area contributed by atoms with Gasteiger partial charge in [0.15, 0.2) is 0 Å². The molecular weight excluding hydrogens is 196 g/mol. The molecule has 1 aromatic carbocycles. The molecule has 0 saturated carbocycles. The second-order valence-corrected chi connectivity index (χ2v) is 4.82. The lowest BCUT2D eigenvalue weighted by molar-refractivity contribution is 0.521. The van der Waals surface area contributed by atoms with Crippen molar-refractivity contribution in [3.8, 4) is 0 Å². The summed E-state index contributed by atoms with van der Waals surface area (Å²) in [6.07, 6.45) is 4.04. The lowest BCUT2D eigenvalue weighted by atomic mass is 10.0. The lowest BCUT2D eigenvalue weighted by Crippen LogP contribution is -2.23. The van der Waals surface area contributed by atoms with Crippen molar-refractivity contribution in [2.24, 2.45) is 5.92 Å². The fraction of sp³-hybridized carbons (Fsp3) is 0.571. The molecule has 2 nitrogen and oxygen atoms in total. The van der Waals surface area contributed by atoms with Gasteiger partial charge in [-0.15, -0.1) is 0 Å². The van der Waals surface area contributed by atoms with Crippen molar-refractivity contribution in [2.45, 2.75) is 26.2 Å². The summed E-state index contributed by atoms with van der Waals surface area (Å²) in [6, 6.07) is 8.76. The summed E-state index contributed by atoms with van der Waals surface area (Å²) in [7, 11) is 1.96. The molecule has 1 atom stereocenters. The van der Waals surface area contributed by atoms with Crippen molar-refractivity contribution in [1.29, 1.82) is 0 Å². The van der Waals surface area contributed by atoms with E-state index in [1.807, 2.05) is 7.05 Å². The molecule has 0 bridgehead atoms. The maximum Gasteiger partial charge on any atom is 0.0367 e. The van der Waals surface area contributed by atoms with E-state index in [1.165, 1.54) is 43.7 Å². The molecular formula is C14H22N2. The zero-order valence-electron chi connectivity index (χ0n) is 10.4. The van der Waals surface area contributed by atoms with Crippen LogP contribution in [0.1, 0.15) is 26.2 Å². The predicted molar refractivity (Wildman–Crippen MR) is 71.2 cm³/mol. The van der Waals surface area contributed by atoms with Crippen LogP contribution in [0.15, 0.2) is 24.3 Å². The van der Waals surface area contributed by atoms with Gasteiger partial charge in [-0.05, 0) is 49.4 Å². The molecule has 0 spiro atoms. The predicted octanol–water partition coefficient (Wildman–Crippen LogP) is 3.35. The van der Waals surface area contributed by atoms with E-state index in [0.29, 0.717) is 0 Å². The molecule has 2 heteroatoms. The summed E-state index contributed by atoms with van der Waals surface area (Å²) >= 11 is 0. The first-order chi connectivity index (χ1) is 7.79. The average molecular weight is 218 g/mol. The monoisotopic (exact) mass is 218 g/mol. The summed E-state index contributed by atoms with van der Waals surface area (Å²) in [5.74, 6) is 0.890. The van der Waals surface area contributed by atoms with Crippen LogP contribution >= 0.6 is 0 Å². The van der Waals surface area contributed by atoms with Gasteiger partial charge in [0.2, 0.25) is 0 Å². The SMILES string of the molecule is CNc1ccc(N2CCCC(C)CC2)cc1. The van der Waals surface area contributed by atoms with Crippen molar-refractivity contribution >= 4 is 11.4 Å². The third-order valence-corrected chi connectivity index (χ3v) is 3.54. The number of benzene rings is 1. The molecule has 16 heavy (non-hydrogen) atoms. The molecule has 1 fully saturated rings. The van der Waals surface area contributed by atoms with Crippen LogP contribution in [-0.2, 0) is 0 Å². The standard InChI is InChI=1S/C14H22N2/c1-12-4-3-10-16(11-9-12)14-7-5-13(15-2)6-8-14/h5-8,12,15H,3-4,9-11H2,1-2H3. The minimum Gasteiger partial charge on any atom is -0.388 e. The molecule has 1 aliphatic heterocycles.